The maximum Gasteiger partial charge on any atom is 0.310 e. The van der Waals surface area contributed by atoms with Gasteiger partial charge in [0.05, 0.1) is 4.92 Å². The van der Waals surface area contributed by atoms with Gasteiger partial charge in [0.25, 0.3) is 0 Å². The van der Waals surface area contributed by atoms with Crippen molar-refractivity contribution in [1.82, 2.24) is 14.3 Å². The maximum atomic E-state index is 11.2. The molecule has 122 valence electrons. The molecule has 3 rings (SSSR count). The molecule has 1 fully saturated rings. The Morgan fingerprint density at radius 3 is 2.83 bits per heavy atom. The van der Waals surface area contributed by atoms with E-state index in [1.165, 1.54) is 17.7 Å². The lowest BCUT2D eigenvalue weighted by Gasteiger charge is -2.22. The Bertz CT molecular complexity index is 691. The van der Waals surface area contributed by atoms with Gasteiger partial charge in [0.2, 0.25) is 5.13 Å². The molecular formula is C14H18N6O2S. The van der Waals surface area contributed by atoms with Crippen LogP contribution in [0.5, 0.6) is 0 Å². The van der Waals surface area contributed by atoms with Crippen LogP contribution in [-0.2, 0) is 6.42 Å². The second-order valence-corrected chi connectivity index (χ2v) is 6.03. The molecule has 1 aliphatic rings. The van der Waals surface area contributed by atoms with Gasteiger partial charge >= 0.3 is 5.69 Å². The summed E-state index contributed by atoms with van der Waals surface area (Å²) >= 11 is 1.42. The van der Waals surface area contributed by atoms with Crippen molar-refractivity contribution in [2.75, 3.05) is 36.0 Å². The third kappa shape index (κ3) is 3.39. The first-order valence-electron chi connectivity index (χ1n) is 7.60. The highest BCUT2D eigenvalue weighted by Crippen LogP contribution is 2.28. The van der Waals surface area contributed by atoms with E-state index in [2.05, 4.69) is 24.1 Å². The molecule has 1 saturated heterocycles. The van der Waals surface area contributed by atoms with E-state index in [-0.39, 0.29) is 10.6 Å². The average molecular weight is 334 g/mol. The number of nitrogens with zero attached hydrogens (tertiary/aromatic N) is 6. The topological polar surface area (TPSA) is 88.3 Å². The van der Waals surface area contributed by atoms with Gasteiger partial charge in [-0.1, -0.05) is 6.92 Å². The van der Waals surface area contributed by atoms with Crippen LogP contribution in [0.1, 0.15) is 19.2 Å². The van der Waals surface area contributed by atoms with Gasteiger partial charge < -0.3 is 9.80 Å². The number of aromatic nitrogens is 3. The van der Waals surface area contributed by atoms with Crippen LogP contribution in [-0.4, -0.2) is 45.4 Å². The van der Waals surface area contributed by atoms with Crippen LogP contribution in [0.2, 0.25) is 0 Å². The second kappa shape index (κ2) is 6.86. The highest BCUT2D eigenvalue weighted by molar-refractivity contribution is 7.09. The monoisotopic (exact) mass is 334 g/mol. The first kappa shape index (κ1) is 15.6. The van der Waals surface area contributed by atoms with Gasteiger partial charge in [0, 0.05) is 50.3 Å². The Labute approximate surface area is 138 Å². The number of hydrogen-bond acceptors (Lipinski definition) is 8. The molecule has 0 unspecified atom stereocenters. The van der Waals surface area contributed by atoms with E-state index in [0.717, 1.165) is 43.4 Å². The summed E-state index contributed by atoms with van der Waals surface area (Å²) in [6, 6.07) is 1.72. The van der Waals surface area contributed by atoms with Crippen LogP contribution in [0.25, 0.3) is 0 Å². The van der Waals surface area contributed by atoms with Gasteiger partial charge in [-0.15, -0.1) is 0 Å². The summed E-state index contributed by atoms with van der Waals surface area (Å²) in [5.74, 6) is 0.871. The second-order valence-electron chi connectivity index (χ2n) is 5.30. The molecule has 0 aliphatic carbocycles. The molecule has 9 heteroatoms. The average Bonchev–Trinajstić information content (AvgIpc) is 2.92. The van der Waals surface area contributed by atoms with Gasteiger partial charge in [0.15, 0.2) is 0 Å². The lowest BCUT2D eigenvalue weighted by molar-refractivity contribution is -0.384. The van der Waals surface area contributed by atoms with Gasteiger partial charge in [-0.3, -0.25) is 15.1 Å². The predicted octanol–water partition coefficient (Wildman–Crippen LogP) is 2.12. The van der Waals surface area contributed by atoms with Crippen molar-refractivity contribution in [3.8, 4) is 0 Å². The number of pyridine rings is 1. The minimum Gasteiger partial charge on any atom is -0.364 e. The zero-order chi connectivity index (χ0) is 16.2. The van der Waals surface area contributed by atoms with Crippen LogP contribution < -0.4 is 9.80 Å². The first-order chi connectivity index (χ1) is 11.2. The summed E-state index contributed by atoms with van der Waals surface area (Å²) in [5.41, 5.74) is 0.698. The van der Waals surface area contributed by atoms with Crippen molar-refractivity contribution < 1.29 is 4.92 Å². The fraction of sp³-hybridized carbons (Fsp3) is 0.500. The van der Waals surface area contributed by atoms with Crippen molar-refractivity contribution in [1.29, 1.82) is 0 Å². The lowest BCUT2D eigenvalue weighted by Crippen LogP contribution is -2.31. The molecule has 0 saturated carbocycles. The predicted molar refractivity (Wildman–Crippen MR) is 89.2 cm³/mol. The highest BCUT2D eigenvalue weighted by Gasteiger charge is 2.23. The van der Waals surface area contributed by atoms with E-state index in [9.17, 15) is 10.1 Å². The molecule has 23 heavy (non-hydrogen) atoms. The molecule has 0 spiro atoms. The quantitative estimate of drug-likeness (QED) is 0.625. The Morgan fingerprint density at radius 2 is 2.09 bits per heavy atom. The molecule has 0 aromatic carbocycles. The first-order valence-corrected chi connectivity index (χ1v) is 8.37. The zero-order valence-corrected chi connectivity index (χ0v) is 13.7. The van der Waals surface area contributed by atoms with Gasteiger partial charge in [-0.05, 0) is 12.5 Å². The standard InChI is InChI=1S/C14H18N6O2S/c1-2-13-16-14(23-17-13)19-7-3-6-18(8-9-19)11-4-5-15-10-12(11)20(21)22/h4-5,10H,2-3,6-9H2,1H3. The minimum absolute atomic E-state index is 0.0603. The summed E-state index contributed by atoms with van der Waals surface area (Å²) in [4.78, 5) is 23.5. The van der Waals surface area contributed by atoms with Gasteiger partial charge in [-0.25, -0.2) is 4.98 Å². The minimum atomic E-state index is -0.372. The maximum absolute atomic E-state index is 11.2. The van der Waals surface area contributed by atoms with E-state index in [0.29, 0.717) is 12.2 Å². The van der Waals surface area contributed by atoms with Crippen molar-refractivity contribution >= 4 is 28.0 Å². The molecule has 8 nitrogen and oxygen atoms in total. The molecule has 0 radical (unpaired) electrons. The summed E-state index contributed by atoms with van der Waals surface area (Å²) in [6.07, 6.45) is 4.67. The van der Waals surface area contributed by atoms with Crippen LogP contribution in [0, 0.1) is 10.1 Å². The van der Waals surface area contributed by atoms with Crippen LogP contribution >= 0.6 is 11.5 Å². The molecule has 0 amide bonds. The highest BCUT2D eigenvalue weighted by atomic mass is 32.1. The summed E-state index contributed by atoms with van der Waals surface area (Å²) in [5, 5.41) is 12.1. The number of rotatable bonds is 4. The smallest absolute Gasteiger partial charge is 0.310 e. The van der Waals surface area contributed by atoms with Gasteiger partial charge in [-0.2, -0.15) is 4.37 Å². The van der Waals surface area contributed by atoms with E-state index >= 15 is 0 Å². The largest absolute Gasteiger partial charge is 0.364 e. The van der Waals surface area contributed by atoms with E-state index < -0.39 is 0 Å². The van der Waals surface area contributed by atoms with Crippen molar-refractivity contribution in [2.24, 2.45) is 0 Å². The van der Waals surface area contributed by atoms with E-state index in [1.54, 1.807) is 12.3 Å². The summed E-state index contributed by atoms with van der Waals surface area (Å²) < 4.78 is 4.33. The number of anilines is 2. The third-order valence-corrected chi connectivity index (χ3v) is 4.67. The molecular weight excluding hydrogens is 316 g/mol. The van der Waals surface area contributed by atoms with Crippen molar-refractivity contribution in [3.63, 3.8) is 0 Å². The fourth-order valence-corrected chi connectivity index (χ4v) is 3.45. The van der Waals surface area contributed by atoms with Crippen molar-refractivity contribution in [3.05, 3.63) is 34.4 Å². The number of nitro groups is 1. The summed E-state index contributed by atoms with van der Waals surface area (Å²) in [6.45, 7) is 5.19. The normalized spacial score (nSPS) is 15.5. The molecule has 0 bridgehead atoms. The van der Waals surface area contributed by atoms with Crippen LogP contribution in [0.15, 0.2) is 18.5 Å². The summed E-state index contributed by atoms with van der Waals surface area (Å²) in [7, 11) is 0. The lowest BCUT2D eigenvalue weighted by atomic mass is 10.3. The van der Waals surface area contributed by atoms with Gasteiger partial charge in [0.1, 0.15) is 17.7 Å². The molecule has 3 heterocycles. The van der Waals surface area contributed by atoms with Crippen LogP contribution in [0.4, 0.5) is 16.5 Å². The number of aryl methyl sites for hydroxylation is 1. The molecule has 2 aromatic heterocycles. The number of hydrogen-bond donors (Lipinski definition) is 0. The Kier molecular flexibility index (Phi) is 4.65. The van der Waals surface area contributed by atoms with Crippen molar-refractivity contribution in [2.45, 2.75) is 19.8 Å². The third-order valence-electron chi connectivity index (χ3n) is 3.86. The Balaban J connectivity index is 1.75. The van der Waals surface area contributed by atoms with E-state index in [1.807, 2.05) is 6.92 Å². The molecule has 0 N–H and O–H groups in total. The molecule has 2 aromatic rings. The molecule has 1 aliphatic heterocycles. The molecule has 0 atom stereocenters. The van der Waals surface area contributed by atoms with E-state index in [4.69, 9.17) is 0 Å². The SMILES string of the molecule is CCc1nsc(N2CCCN(c3ccncc3[N+](=O)[O-])CC2)n1. The van der Waals surface area contributed by atoms with Crippen LogP contribution in [0.3, 0.4) is 0 Å². The fourth-order valence-electron chi connectivity index (χ4n) is 2.65. The Morgan fingerprint density at radius 1 is 1.30 bits per heavy atom. The Hall–Kier alpha value is -2.29. The zero-order valence-electron chi connectivity index (χ0n) is 12.9.